The van der Waals surface area contributed by atoms with Crippen LogP contribution in [0.2, 0.25) is 0 Å². The molecule has 0 bridgehead atoms. The fourth-order valence-electron chi connectivity index (χ4n) is 1.25. The van der Waals surface area contributed by atoms with Gasteiger partial charge in [0.15, 0.2) is 0 Å². The molecule has 0 aromatic heterocycles. The topological polar surface area (TPSA) is 80.3 Å². The number of rotatable bonds is 9. The molecule has 0 aliphatic heterocycles. The van der Waals surface area contributed by atoms with Crippen LogP contribution in [0, 0.1) is 35.6 Å². The van der Waals surface area contributed by atoms with Gasteiger partial charge < -0.3 is 19.8 Å². The predicted octanol–water partition coefficient (Wildman–Crippen LogP) is -0.393. The van der Waals surface area contributed by atoms with Crippen LogP contribution < -0.4 is 10.2 Å². The largest absolute Gasteiger partial charge is 3.00 e. The van der Waals surface area contributed by atoms with E-state index in [9.17, 15) is 19.8 Å². The Morgan fingerprint density at radius 2 is 0.933 bits per heavy atom. The molecule has 0 radical (unpaired) electrons. The van der Waals surface area contributed by atoms with Gasteiger partial charge in [0.05, 0.1) is 0 Å². The Hall–Kier alpha value is 0.135. The van der Waals surface area contributed by atoms with E-state index in [0.717, 1.165) is 25.7 Å². The number of carbonyl (C=O) groups excluding carboxylic acids is 2. The molecular formula is C10H16LaO4+. The summed E-state index contributed by atoms with van der Waals surface area (Å²) in [7, 11) is 0. The number of hydrogen-bond acceptors (Lipinski definition) is 4. The molecule has 0 heterocycles. The van der Waals surface area contributed by atoms with E-state index in [-0.39, 0.29) is 48.4 Å². The van der Waals surface area contributed by atoms with Crippen molar-refractivity contribution >= 4 is 11.9 Å². The average Bonchev–Trinajstić information content (AvgIpc) is 2.08. The number of unbranched alkanes of at least 4 members (excludes halogenated alkanes) is 5. The van der Waals surface area contributed by atoms with Gasteiger partial charge in [-0.3, -0.25) is 0 Å². The Balaban J connectivity index is 0. The molecule has 0 unspecified atom stereocenters. The van der Waals surface area contributed by atoms with Crippen molar-refractivity contribution in [3.8, 4) is 0 Å². The average molecular weight is 339 g/mol. The summed E-state index contributed by atoms with van der Waals surface area (Å²) in [5, 5.41) is 20.1. The molecule has 0 amide bonds. The summed E-state index contributed by atoms with van der Waals surface area (Å²) >= 11 is 0. The predicted molar refractivity (Wildman–Crippen MR) is 47.0 cm³/mol. The van der Waals surface area contributed by atoms with Gasteiger partial charge in [0.25, 0.3) is 0 Å². The molecule has 5 heteroatoms. The first kappa shape index (κ1) is 17.5. The van der Waals surface area contributed by atoms with Crippen molar-refractivity contribution < 1.29 is 55.4 Å². The number of carbonyl (C=O) groups is 2. The first-order chi connectivity index (χ1) is 6.63. The van der Waals surface area contributed by atoms with Crippen LogP contribution in [0.1, 0.15) is 51.4 Å². The summed E-state index contributed by atoms with van der Waals surface area (Å²) in [5.41, 5.74) is 0. The zero-order valence-electron chi connectivity index (χ0n) is 8.87. The van der Waals surface area contributed by atoms with Crippen LogP contribution >= 0.6 is 0 Å². The fraction of sp³-hybridized carbons (Fsp3) is 0.800. The van der Waals surface area contributed by atoms with Gasteiger partial charge in [-0.05, 0) is 25.7 Å². The summed E-state index contributed by atoms with van der Waals surface area (Å²) in [6, 6.07) is 0. The van der Waals surface area contributed by atoms with Crippen LogP contribution in [0.25, 0.3) is 0 Å². The monoisotopic (exact) mass is 339 g/mol. The van der Waals surface area contributed by atoms with Crippen molar-refractivity contribution in [2.75, 3.05) is 0 Å². The van der Waals surface area contributed by atoms with Gasteiger partial charge in [0.2, 0.25) is 0 Å². The van der Waals surface area contributed by atoms with Gasteiger partial charge in [-0.15, -0.1) is 0 Å². The van der Waals surface area contributed by atoms with E-state index in [2.05, 4.69) is 0 Å². The van der Waals surface area contributed by atoms with Crippen LogP contribution in [-0.2, 0) is 9.59 Å². The van der Waals surface area contributed by atoms with Crippen molar-refractivity contribution in [1.29, 1.82) is 0 Å². The minimum Gasteiger partial charge on any atom is -0.550 e. The first-order valence-electron chi connectivity index (χ1n) is 5.02. The Labute approximate surface area is 118 Å². The van der Waals surface area contributed by atoms with Crippen molar-refractivity contribution in [1.82, 2.24) is 0 Å². The van der Waals surface area contributed by atoms with Crippen LogP contribution in [-0.4, -0.2) is 11.9 Å². The molecule has 0 aromatic carbocycles. The van der Waals surface area contributed by atoms with Crippen LogP contribution in [0.15, 0.2) is 0 Å². The number of carboxylic acid groups (broad SMARTS) is 2. The Bertz CT molecular complexity index is 162. The third-order valence-electron chi connectivity index (χ3n) is 2.01. The summed E-state index contributed by atoms with van der Waals surface area (Å²) in [4.78, 5) is 20.1. The van der Waals surface area contributed by atoms with E-state index in [1.54, 1.807) is 0 Å². The Morgan fingerprint density at radius 1 is 0.667 bits per heavy atom. The second kappa shape index (κ2) is 12.2. The molecule has 82 valence electrons. The number of carboxylic acids is 2. The van der Waals surface area contributed by atoms with E-state index in [0.29, 0.717) is 12.8 Å². The molecule has 0 rings (SSSR count). The van der Waals surface area contributed by atoms with Crippen LogP contribution in [0.5, 0.6) is 0 Å². The SMILES string of the molecule is O=C([O-])CCCCCCCCC(=O)[O-].[La+3]. The molecule has 0 saturated carbocycles. The van der Waals surface area contributed by atoms with E-state index in [4.69, 9.17) is 0 Å². The molecule has 0 spiro atoms. The molecule has 15 heavy (non-hydrogen) atoms. The standard InChI is InChI=1S/C10H18O4.La/c11-9(12)7-5-3-1-2-4-6-8-10(13)14;/h1-8H2,(H,11,12)(H,13,14);/q;+3/p-2. The minimum atomic E-state index is -0.998. The van der Waals surface area contributed by atoms with E-state index in [1.807, 2.05) is 0 Å². The number of aliphatic carboxylic acids is 2. The zero-order chi connectivity index (χ0) is 10.8. The van der Waals surface area contributed by atoms with E-state index >= 15 is 0 Å². The smallest absolute Gasteiger partial charge is 0.550 e. The summed E-state index contributed by atoms with van der Waals surface area (Å²) in [6.07, 6.45) is 5.23. The molecule has 0 aromatic rings. The summed E-state index contributed by atoms with van der Waals surface area (Å²) in [6.45, 7) is 0. The van der Waals surface area contributed by atoms with Gasteiger partial charge in [-0.2, -0.15) is 0 Å². The molecule has 0 aliphatic rings. The van der Waals surface area contributed by atoms with E-state index < -0.39 is 11.9 Å². The first-order valence-corrected chi connectivity index (χ1v) is 5.02. The van der Waals surface area contributed by atoms with Gasteiger partial charge in [0, 0.05) is 11.9 Å². The van der Waals surface area contributed by atoms with Gasteiger partial charge in [0.1, 0.15) is 0 Å². The van der Waals surface area contributed by atoms with Gasteiger partial charge in [-0.25, -0.2) is 0 Å². The van der Waals surface area contributed by atoms with E-state index in [1.165, 1.54) is 0 Å². The molecule has 0 N–H and O–H groups in total. The Kier molecular flexibility index (Phi) is 14.3. The van der Waals surface area contributed by atoms with Gasteiger partial charge >= 0.3 is 35.6 Å². The van der Waals surface area contributed by atoms with Crippen molar-refractivity contribution in [2.45, 2.75) is 51.4 Å². The molecule has 0 fully saturated rings. The third kappa shape index (κ3) is 16.8. The van der Waals surface area contributed by atoms with Crippen LogP contribution in [0.3, 0.4) is 0 Å². The van der Waals surface area contributed by atoms with Crippen molar-refractivity contribution in [3.63, 3.8) is 0 Å². The molecule has 0 atom stereocenters. The third-order valence-corrected chi connectivity index (χ3v) is 2.01. The maximum atomic E-state index is 10.0. The molecule has 0 saturated heterocycles. The minimum absolute atomic E-state index is 0. The normalized spacial score (nSPS) is 9.33. The summed E-state index contributed by atoms with van der Waals surface area (Å²) in [5.74, 6) is -2.00. The van der Waals surface area contributed by atoms with Crippen molar-refractivity contribution in [2.24, 2.45) is 0 Å². The maximum Gasteiger partial charge on any atom is 3.00 e. The second-order valence-corrected chi connectivity index (χ2v) is 3.37. The number of hydrogen-bond donors (Lipinski definition) is 0. The van der Waals surface area contributed by atoms with Crippen LogP contribution in [0.4, 0.5) is 0 Å². The molecular weight excluding hydrogens is 323 g/mol. The molecule has 4 nitrogen and oxygen atoms in total. The second-order valence-electron chi connectivity index (χ2n) is 3.37. The molecule has 0 aliphatic carbocycles. The van der Waals surface area contributed by atoms with Gasteiger partial charge in [-0.1, -0.05) is 25.7 Å². The quantitative estimate of drug-likeness (QED) is 0.536. The Morgan fingerprint density at radius 3 is 1.20 bits per heavy atom. The maximum absolute atomic E-state index is 10.0. The fourth-order valence-corrected chi connectivity index (χ4v) is 1.25. The zero-order valence-corrected chi connectivity index (χ0v) is 12.5. The summed E-state index contributed by atoms with van der Waals surface area (Å²) < 4.78 is 0. The van der Waals surface area contributed by atoms with Crippen molar-refractivity contribution in [3.05, 3.63) is 0 Å².